The van der Waals surface area contributed by atoms with Crippen molar-refractivity contribution in [2.24, 2.45) is 0 Å². The van der Waals surface area contributed by atoms with E-state index in [4.69, 9.17) is 0 Å². The fraction of sp³-hybridized carbons (Fsp3) is 0.600. The van der Waals surface area contributed by atoms with Crippen LogP contribution in [-0.2, 0) is 6.42 Å². The first-order valence-electron chi connectivity index (χ1n) is 7.48. The van der Waals surface area contributed by atoms with Gasteiger partial charge in [0.1, 0.15) is 10.6 Å². The van der Waals surface area contributed by atoms with Gasteiger partial charge in [-0.3, -0.25) is 0 Å². The summed E-state index contributed by atoms with van der Waals surface area (Å²) in [6, 6.07) is 2.19. The molecule has 1 fully saturated rings. The first kappa shape index (κ1) is 14.5. The number of piperidine rings is 1. The van der Waals surface area contributed by atoms with Gasteiger partial charge in [-0.1, -0.05) is 6.92 Å². The van der Waals surface area contributed by atoms with E-state index in [1.807, 2.05) is 14.0 Å². The van der Waals surface area contributed by atoms with E-state index in [-0.39, 0.29) is 0 Å². The lowest BCUT2D eigenvalue weighted by Gasteiger charge is -2.37. The molecule has 0 aliphatic carbocycles. The third-order valence-corrected chi connectivity index (χ3v) is 5.14. The van der Waals surface area contributed by atoms with Crippen molar-refractivity contribution in [3.8, 4) is 0 Å². The monoisotopic (exact) mass is 306 g/mol. The summed E-state index contributed by atoms with van der Waals surface area (Å²) in [5.41, 5.74) is -0.640. The molecule has 1 unspecified atom stereocenters. The first-order chi connectivity index (χ1) is 10.0. The number of nitrogens with one attached hydrogen (secondary N) is 1. The zero-order valence-corrected chi connectivity index (χ0v) is 13.6. The second-order valence-corrected chi connectivity index (χ2v) is 7.04. The van der Waals surface area contributed by atoms with Crippen LogP contribution in [0.4, 0.5) is 11.8 Å². The summed E-state index contributed by atoms with van der Waals surface area (Å²) < 4.78 is 0. The zero-order chi connectivity index (χ0) is 15.0. The van der Waals surface area contributed by atoms with E-state index in [0.29, 0.717) is 12.5 Å². The Morgan fingerprint density at radius 1 is 1.48 bits per heavy atom. The highest BCUT2D eigenvalue weighted by molar-refractivity contribution is 7.18. The summed E-state index contributed by atoms with van der Waals surface area (Å²) in [7, 11) is 1.84. The number of rotatable bonds is 3. The Balaban J connectivity index is 2.09. The molecule has 0 saturated carbocycles. The molecule has 3 rings (SSSR count). The zero-order valence-electron chi connectivity index (χ0n) is 12.8. The molecule has 1 aliphatic heterocycles. The van der Waals surface area contributed by atoms with E-state index < -0.39 is 5.60 Å². The molecule has 6 heteroatoms. The van der Waals surface area contributed by atoms with Gasteiger partial charge >= 0.3 is 0 Å². The lowest BCUT2D eigenvalue weighted by Crippen LogP contribution is -2.46. The van der Waals surface area contributed by atoms with Crippen molar-refractivity contribution in [3.63, 3.8) is 0 Å². The number of β-amino-alcohol motifs (C(OH)–C–C–N with tert-alkyl or cyclic N) is 1. The van der Waals surface area contributed by atoms with Crippen molar-refractivity contribution in [1.29, 1.82) is 0 Å². The second-order valence-electron chi connectivity index (χ2n) is 5.93. The molecule has 21 heavy (non-hydrogen) atoms. The van der Waals surface area contributed by atoms with Crippen LogP contribution >= 0.6 is 11.3 Å². The molecule has 2 N–H and O–H groups in total. The summed E-state index contributed by atoms with van der Waals surface area (Å²) in [5, 5.41) is 14.5. The molecule has 0 amide bonds. The van der Waals surface area contributed by atoms with Crippen LogP contribution in [0.2, 0.25) is 0 Å². The maximum absolute atomic E-state index is 10.4. The Labute approximate surface area is 129 Å². The molecule has 1 saturated heterocycles. The van der Waals surface area contributed by atoms with Gasteiger partial charge in [-0.15, -0.1) is 11.3 Å². The predicted molar refractivity (Wildman–Crippen MR) is 88.4 cm³/mol. The van der Waals surface area contributed by atoms with E-state index in [9.17, 15) is 5.11 Å². The largest absolute Gasteiger partial charge is 0.388 e. The Bertz CT molecular complexity index is 652. The van der Waals surface area contributed by atoms with Crippen molar-refractivity contribution < 1.29 is 5.11 Å². The van der Waals surface area contributed by atoms with Crippen molar-refractivity contribution in [2.45, 2.75) is 38.7 Å². The Morgan fingerprint density at radius 2 is 2.29 bits per heavy atom. The minimum absolute atomic E-state index is 0.625. The summed E-state index contributed by atoms with van der Waals surface area (Å²) >= 11 is 1.72. The average Bonchev–Trinajstić information content (AvgIpc) is 2.88. The lowest BCUT2D eigenvalue weighted by molar-refractivity contribution is 0.0448. The van der Waals surface area contributed by atoms with E-state index >= 15 is 0 Å². The smallest absolute Gasteiger partial charge is 0.225 e. The third-order valence-electron chi connectivity index (χ3n) is 3.97. The highest BCUT2D eigenvalue weighted by Gasteiger charge is 2.30. The van der Waals surface area contributed by atoms with E-state index in [1.165, 1.54) is 4.88 Å². The number of aromatic nitrogens is 2. The molecule has 0 bridgehead atoms. The minimum atomic E-state index is -0.640. The van der Waals surface area contributed by atoms with E-state index in [1.54, 1.807) is 11.3 Å². The summed E-state index contributed by atoms with van der Waals surface area (Å²) in [4.78, 5) is 13.7. The number of anilines is 2. The highest BCUT2D eigenvalue weighted by atomic mass is 32.1. The van der Waals surface area contributed by atoms with Gasteiger partial charge in [-0.25, -0.2) is 4.98 Å². The lowest BCUT2D eigenvalue weighted by atomic mass is 9.95. The fourth-order valence-electron chi connectivity index (χ4n) is 2.88. The number of nitrogens with zero attached hydrogens (tertiary/aromatic N) is 3. The van der Waals surface area contributed by atoms with Crippen LogP contribution < -0.4 is 10.2 Å². The van der Waals surface area contributed by atoms with Gasteiger partial charge < -0.3 is 15.3 Å². The molecule has 1 aliphatic rings. The third kappa shape index (κ3) is 2.82. The van der Waals surface area contributed by atoms with Crippen LogP contribution in [0, 0.1) is 0 Å². The van der Waals surface area contributed by atoms with Crippen LogP contribution in [0.5, 0.6) is 0 Å². The summed E-state index contributed by atoms with van der Waals surface area (Å²) in [6.07, 6.45) is 2.84. The maximum atomic E-state index is 10.4. The average molecular weight is 306 g/mol. The number of thiophene rings is 1. The van der Waals surface area contributed by atoms with Gasteiger partial charge in [0.15, 0.2) is 0 Å². The Morgan fingerprint density at radius 3 is 2.95 bits per heavy atom. The highest BCUT2D eigenvalue weighted by Crippen LogP contribution is 2.34. The molecular weight excluding hydrogens is 284 g/mol. The number of aryl methyl sites for hydroxylation is 1. The number of fused-ring (bicyclic) bond motifs is 1. The molecule has 0 aromatic carbocycles. The quantitative estimate of drug-likeness (QED) is 0.913. The van der Waals surface area contributed by atoms with Gasteiger partial charge in [0.25, 0.3) is 0 Å². The van der Waals surface area contributed by atoms with Crippen LogP contribution in [-0.4, -0.2) is 40.8 Å². The van der Waals surface area contributed by atoms with Crippen molar-refractivity contribution in [2.75, 3.05) is 30.4 Å². The van der Waals surface area contributed by atoms with Crippen molar-refractivity contribution in [3.05, 3.63) is 10.9 Å². The molecular formula is C15H22N4OS. The summed E-state index contributed by atoms with van der Waals surface area (Å²) in [6.45, 7) is 5.62. The fourth-order valence-corrected chi connectivity index (χ4v) is 3.85. The Hall–Kier alpha value is -1.40. The molecule has 3 heterocycles. The first-order valence-corrected chi connectivity index (χ1v) is 8.29. The van der Waals surface area contributed by atoms with Gasteiger partial charge in [0.05, 0.1) is 11.0 Å². The minimum Gasteiger partial charge on any atom is -0.388 e. The van der Waals surface area contributed by atoms with Gasteiger partial charge in [0.2, 0.25) is 5.95 Å². The normalized spacial score (nSPS) is 22.8. The number of aliphatic hydroxyl groups is 1. The van der Waals surface area contributed by atoms with Crippen LogP contribution in [0.1, 0.15) is 31.6 Å². The molecule has 2 aromatic rings. The van der Waals surface area contributed by atoms with Gasteiger partial charge in [0, 0.05) is 25.0 Å². The second kappa shape index (κ2) is 5.42. The molecule has 0 spiro atoms. The van der Waals surface area contributed by atoms with Crippen molar-refractivity contribution in [1.82, 2.24) is 9.97 Å². The summed E-state index contributed by atoms with van der Waals surface area (Å²) in [5.74, 6) is 1.59. The Kier molecular flexibility index (Phi) is 3.75. The molecule has 5 nitrogen and oxygen atoms in total. The topological polar surface area (TPSA) is 61.3 Å². The van der Waals surface area contributed by atoms with Crippen LogP contribution in [0.15, 0.2) is 6.07 Å². The van der Waals surface area contributed by atoms with Crippen LogP contribution in [0.25, 0.3) is 10.2 Å². The van der Waals surface area contributed by atoms with Crippen molar-refractivity contribution >= 4 is 33.3 Å². The van der Waals surface area contributed by atoms with Crippen LogP contribution in [0.3, 0.4) is 0 Å². The van der Waals surface area contributed by atoms with E-state index in [2.05, 4.69) is 33.2 Å². The molecule has 1 atom stereocenters. The molecule has 114 valence electrons. The number of hydrogen-bond acceptors (Lipinski definition) is 6. The van der Waals surface area contributed by atoms with Gasteiger partial charge in [-0.2, -0.15) is 4.98 Å². The maximum Gasteiger partial charge on any atom is 0.225 e. The molecule has 0 radical (unpaired) electrons. The standard InChI is InChI=1S/C15H22N4OS/c1-4-10-8-11-12(17-14(16-3)18-13(11)21-10)19-7-5-6-15(2,20)9-19/h8,20H,4-7,9H2,1-3H3,(H,16,17,18). The van der Waals surface area contributed by atoms with E-state index in [0.717, 1.165) is 41.8 Å². The number of hydrogen-bond donors (Lipinski definition) is 2. The SMILES string of the molecule is CCc1cc2c(N3CCCC(C)(O)C3)nc(NC)nc2s1. The molecule has 2 aromatic heterocycles. The van der Waals surface area contributed by atoms with Gasteiger partial charge in [-0.05, 0) is 32.3 Å². The predicted octanol–water partition coefficient (Wildman–Crippen LogP) is 2.65.